The lowest BCUT2D eigenvalue weighted by molar-refractivity contribution is 0.387. The van der Waals surface area contributed by atoms with Crippen LogP contribution in [0.2, 0.25) is 0 Å². The third-order valence-electron chi connectivity index (χ3n) is 2.87. The molecule has 0 spiro atoms. The molecule has 0 aliphatic heterocycles. The van der Waals surface area contributed by atoms with Gasteiger partial charge in [-0.05, 0) is 38.3 Å². The molecule has 2 atom stereocenters. The molecule has 0 saturated carbocycles. The van der Waals surface area contributed by atoms with E-state index in [0.717, 1.165) is 24.0 Å². The molecule has 0 saturated heterocycles. The molecule has 2 heteroatoms. The van der Waals surface area contributed by atoms with E-state index >= 15 is 0 Å². The summed E-state index contributed by atoms with van der Waals surface area (Å²) >= 11 is 0. The van der Waals surface area contributed by atoms with E-state index in [1.807, 2.05) is 19.1 Å². The Morgan fingerprint density at radius 3 is 2.60 bits per heavy atom. The molecule has 0 aliphatic rings. The Morgan fingerprint density at radius 1 is 1.33 bits per heavy atom. The van der Waals surface area contributed by atoms with Gasteiger partial charge in [0.15, 0.2) is 0 Å². The fourth-order valence-electron chi connectivity index (χ4n) is 1.71. The molecule has 86 valence electrons. The minimum absolute atomic E-state index is 0.561. The van der Waals surface area contributed by atoms with Crippen molar-refractivity contribution in [3.8, 4) is 0 Å². The maximum Gasteiger partial charge on any atom is 0.117 e. The quantitative estimate of drug-likeness (QED) is 0.775. The molecule has 0 amide bonds. The van der Waals surface area contributed by atoms with E-state index in [1.165, 1.54) is 12.8 Å². The Bertz CT molecular complexity index is 280. The Morgan fingerprint density at radius 2 is 2.07 bits per heavy atom. The van der Waals surface area contributed by atoms with Crippen molar-refractivity contribution in [2.45, 2.75) is 53.1 Å². The summed E-state index contributed by atoms with van der Waals surface area (Å²) in [6.45, 7) is 9.60. The highest BCUT2D eigenvalue weighted by Crippen LogP contribution is 2.11. The van der Waals surface area contributed by atoms with Gasteiger partial charge in [-0.3, -0.25) is 0 Å². The summed E-state index contributed by atoms with van der Waals surface area (Å²) in [5, 5.41) is 3.48. The third kappa shape index (κ3) is 4.52. The summed E-state index contributed by atoms with van der Waals surface area (Å²) in [4.78, 5) is 0. The zero-order valence-corrected chi connectivity index (χ0v) is 10.3. The fraction of sp³-hybridized carbons (Fsp3) is 0.692. The Hall–Kier alpha value is -0.760. The molecule has 1 N–H and O–H groups in total. The number of nitrogens with one attached hydrogen (secondary N) is 1. The van der Waals surface area contributed by atoms with Gasteiger partial charge in [0.05, 0.1) is 6.54 Å². The Labute approximate surface area is 93.1 Å². The van der Waals surface area contributed by atoms with Crippen LogP contribution in [0.5, 0.6) is 0 Å². The van der Waals surface area contributed by atoms with Crippen molar-refractivity contribution < 1.29 is 4.42 Å². The van der Waals surface area contributed by atoms with Crippen LogP contribution in [0.15, 0.2) is 16.5 Å². The summed E-state index contributed by atoms with van der Waals surface area (Å²) in [6.07, 6.45) is 2.49. The van der Waals surface area contributed by atoms with E-state index < -0.39 is 0 Å². The van der Waals surface area contributed by atoms with Crippen LogP contribution in [-0.2, 0) is 6.54 Å². The van der Waals surface area contributed by atoms with Gasteiger partial charge in [0, 0.05) is 6.04 Å². The molecule has 0 radical (unpaired) electrons. The summed E-state index contributed by atoms with van der Waals surface area (Å²) in [6, 6.07) is 4.61. The monoisotopic (exact) mass is 209 g/mol. The van der Waals surface area contributed by atoms with E-state index in [2.05, 4.69) is 26.1 Å². The van der Waals surface area contributed by atoms with Gasteiger partial charge in [-0.2, -0.15) is 0 Å². The fourth-order valence-corrected chi connectivity index (χ4v) is 1.71. The maximum absolute atomic E-state index is 5.50. The zero-order valence-electron chi connectivity index (χ0n) is 10.3. The molecule has 2 nitrogen and oxygen atoms in total. The Kier molecular flexibility index (Phi) is 4.89. The minimum atomic E-state index is 0.561. The van der Waals surface area contributed by atoms with E-state index in [9.17, 15) is 0 Å². The second-order valence-corrected chi connectivity index (χ2v) is 4.54. The largest absolute Gasteiger partial charge is 0.465 e. The molecule has 1 heterocycles. The molecule has 2 unspecified atom stereocenters. The number of hydrogen-bond donors (Lipinski definition) is 1. The van der Waals surface area contributed by atoms with Gasteiger partial charge in [-0.15, -0.1) is 0 Å². The lowest BCUT2D eigenvalue weighted by atomic mass is 10.0. The molecule has 0 aliphatic carbocycles. The average Bonchev–Trinajstić information content (AvgIpc) is 2.61. The second-order valence-electron chi connectivity index (χ2n) is 4.54. The van der Waals surface area contributed by atoms with Crippen LogP contribution in [0.25, 0.3) is 0 Å². The first kappa shape index (κ1) is 12.3. The highest BCUT2D eigenvalue weighted by Gasteiger charge is 2.07. The predicted octanol–water partition coefficient (Wildman–Crippen LogP) is 3.50. The van der Waals surface area contributed by atoms with Crippen molar-refractivity contribution >= 4 is 0 Å². The first-order valence-electron chi connectivity index (χ1n) is 5.90. The Balaban J connectivity index is 2.25. The molecule has 0 fully saturated rings. The van der Waals surface area contributed by atoms with Crippen molar-refractivity contribution in [2.24, 2.45) is 5.92 Å². The molecule has 1 rings (SSSR count). The highest BCUT2D eigenvalue weighted by molar-refractivity contribution is 5.05. The summed E-state index contributed by atoms with van der Waals surface area (Å²) in [7, 11) is 0. The number of furan rings is 1. The molecule has 0 bridgehead atoms. The van der Waals surface area contributed by atoms with Gasteiger partial charge in [0.25, 0.3) is 0 Å². The topological polar surface area (TPSA) is 25.2 Å². The van der Waals surface area contributed by atoms with Gasteiger partial charge >= 0.3 is 0 Å². The standard InChI is InChI=1S/C13H23NO/c1-5-10(2)8-11(3)14-9-13-7-6-12(4)15-13/h6-7,10-11,14H,5,8-9H2,1-4H3. The number of hydrogen-bond acceptors (Lipinski definition) is 2. The van der Waals surface area contributed by atoms with E-state index in [0.29, 0.717) is 6.04 Å². The van der Waals surface area contributed by atoms with Crippen LogP contribution in [0, 0.1) is 12.8 Å². The zero-order chi connectivity index (χ0) is 11.3. The number of rotatable bonds is 6. The van der Waals surface area contributed by atoms with Crippen molar-refractivity contribution in [1.82, 2.24) is 5.32 Å². The number of aryl methyl sites for hydroxylation is 1. The van der Waals surface area contributed by atoms with Gasteiger partial charge in [-0.1, -0.05) is 20.3 Å². The smallest absolute Gasteiger partial charge is 0.117 e. The van der Waals surface area contributed by atoms with Crippen molar-refractivity contribution in [3.63, 3.8) is 0 Å². The van der Waals surface area contributed by atoms with Crippen molar-refractivity contribution in [3.05, 3.63) is 23.7 Å². The lowest BCUT2D eigenvalue weighted by Crippen LogP contribution is -2.27. The van der Waals surface area contributed by atoms with Crippen LogP contribution in [0.1, 0.15) is 45.1 Å². The summed E-state index contributed by atoms with van der Waals surface area (Å²) in [5.74, 6) is 2.82. The van der Waals surface area contributed by atoms with E-state index in [-0.39, 0.29) is 0 Å². The van der Waals surface area contributed by atoms with Gasteiger partial charge < -0.3 is 9.73 Å². The first-order valence-corrected chi connectivity index (χ1v) is 5.90. The molecular weight excluding hydrogens is 186 g/mol. The van der Waals surface area contributed by atoms with Crippen LogP contribution in [0.4, 0.5) is 0 Å². The first-order chi connectivity index (χ1) is 7.11. The molecule has 1 aromatic heterocycles. The van der Waals surface area contributed by atoms with Crippen LogP contribution in [0.3, 0.4) is 0 Å². The van der Waals surface area contributed by atoms with Crippen molar-refractivity contribution in [2.75, 3.05) is 0 Å². The third-order valence-corrected chi connectivity index (χ3v) is 2.87. The van der Waals surface area contributed by atoms with Gasteiger partial charge in [0.2, 0.25) is 0 Å². The van der Waals surface area contributed by atoms with Crippen molar-refractivity contribution in [1.29, 1.82) is 0 Å². The SMILES string of the molecule is CCC(C)CC(C)NCc1ccc(C)o1. The van der Waals surface area contributed by atoms with Gasteiger partial charge in [0.1, 0.15) is 11.5 Å². The van der Waals surface area contributed by atoms with Gasteiger partial charge in [-0.25, -0.2) is 0 Å². The summed E-state index contributed by atoms with van der Waals surface area (Å²) in [5.41, 5.74) is 0. The second kappa shape index (κ2) is 5.96. The predicted molar refractivity (Wildman–Crippen MR) is 63.8 cm³/mol. The van der Waals surface area contributed by atoms with Crippen LogP contribution in [-0.4, -0.2) is 6.04 Å². The summed E-state index contributed by atoms with van der Waals surface area (Å²) < 4.78 is 5.50. The normalized spacial score (nSPS) is 15.2. The molecule has 1 aromatic rings. The van der Waals surface area contributed by atoms with Crippen LogP contribution < -0.4 is 5.32 Å². The highest BCUT2D eigenvalue weighted by atomic mass is 16.3. The maximum atomic E-state index is 5.50. The minimum Gasteiger partial charge on any atom is -0.465 e. The average molecular weight is 209 g/mol. The van der Waals surface area contributed by atoms with E-state index in [4.69, 9.17) is 4.42 Å². The van der Waals surface area contributed by atoms with E-state index in [1.54, 1.807) is 0 Å². The molecular formula is C13H23NO. The molecule has 0 aromatic carbocycles. The molecule has 15 heavy (non-hydrogen) atoms. The van der Waals surface area contributed by atoms with Crippen LogP contribution >= 0.6 is 0 Å². The lowest BCUT2D eigenvalue weighted by Gasteiger charge is -2.16.